The summed E-state index contributed by atoms with van der Waals surface area (Å²) in [4.78, 5) is 24.3. The van der Waals surface area contributed by atoms with E-state index in [2.05, 4.69) is 0 Å². The Labute approximate surface area is 130 Å². The van der Waals surface area contributed by atoms with Gasteiger partial charge in [-0.1, -0.05) is 6.92 Å². The number of rotatable bonds is 9. The first-order chi connectivity index (χ1) is 10.5. The van der Waals surface area contributed by atoms with Crippen LogP contribution in [0.3, 0.4) is 0 Å². The van der Waals surface area contributed by atoms with E-state index in [0.717, 1.165) is 0 Å². The quantitative estimate of drug-likeness (QED) is 0.759. The number of hydrogen-bond donors (Lipinski definition) is 1. The minimum Gasteiger partial charge on any atom is -0.490 e. The predicted octanol–water partition coefficient (Wildman–Crippen LogP) is 2.70. The van der Waals surface area contributed by atoms with E-state index in [-0.39, 0.29) is 18.9 Å². The second-order valence-electron chi connectivity index (χ2n) is 4.54. The Morgan fingerprint density at radius 1 is 1.09 bits per heavy atom. The summed E-state index contributed by atoms with van der Waals surface area (Å²) in [5.74, 6) is 0.0824. The fraction of sp³-hybridized carbons (Fsp3) is 0.500. The lowest BCUT2D eigenvalue weighted by molar-refractivity contribution is -0.136. The predicted molar refractivity (Wildman–Crippen MR) is 83.7 cm³/mol. The van der Waals surface area contributed by atoms with Gasteiger partial charge in [0.1, 0.15) is 0 Å². The lowest BCUT2D eigenvalue weighted by Gasteiger charge is -2.23. The van der Waals surface area contributed by atoms with Crippen LogP contribution in [-0.2, 0) is 9.59 Å². The molecule has 0 fully saturated rings. The molecular formula is C16H23NO5. The van der Waals surface area contributed by atoms with Gasteiger partial charge in [-0.2, -0.15) is 0 Å². The summed E-state index contributed by atoms with van der Waals surface area (Å²) in [6.45, 7) is 6.59. The maximum absolute atomic E-state index is 12.1. The molecule has 22 heavy (non-hydrogen) atoms. The number of carboxylic acids is 1. The summed E-state index contributed by atoms with van der Waals surface area (Å²) in [6.07, 6.45) is 0.194. The highest BCUT2D eigenvalue weighted by atomic mass is 16.5. The molecule has 1 rings (SSSR count). The van der Waals surface area contributed by atoms with Crippen molar-refractivity contribution >= 4 is 17.6 Å². The minimum absolute atomic E-state index is 0.108. The van der Waals surface area contributed by atoms with Crippen molar-refractivity contribution in [3.05, 3.63) is 18.2 Å². The van der Waals surface area contributed by atoms with E-state index in [9.17, 15) is 9.59 Å². The zero-order valence-corrected chi connectivity index (χ0v) is 13.3. The zero-order valence-electron chi connectivity index (χ0n) is 13.3. The first-order valence-electron chi connectivity index (χ1n) is 7.45. The van der Waals surface area contributed by atoms with Gasteiger partial charge in [0.2, 0.25) is 5.91 Å². The molecule has 0 heterocycles. The molecule has 0 radical (unpaired) electrons. The largest absolute Gasteiger partial charge is 0.490 e. The third-order valence-electron chi connectivity index (χ3n) is 2.99. The molecule has 122 valence electrons. The van der Waals surface area contributed by atoms with Gasteiger partial charge < -0.3 is 19.5 Å². The number of carbonyl (C=O) groups is 2. The highest BCUT2D eigenvalue weighted by molar-refractivity contribution is 5.94. The number of amides is 1. The molecule has 0 aliphatic heterocycles. The van der Waals surface area contributed by atoms with Crippen molar-refractivity contribution in [3.8, 4) is 11.5 Å². The van der Waals surface area contributed by atoms with Crippen LogP contribution in [0, 0.1) is 0 Å². The fourth-order valence-electron chi connectivity index (χ4n) is 2.00. The van der Waals surface area contributed by atoms with Crippen molar-refractivity contribution in [1.82, 2.24) is 0 Å². The summed E-state index contributed by atoms with van der Waals surface area (Å²) >= 11 is 0. The van der Waals surface area contributed by atoms with E-state index in [1.807, 2.05) is 13.8 Å². The summed E-state index contributed by atoms with van der Waals surface area (Å²) in [5, 5.41) is 8.83. The molecule has 1 amide bonds. The van der Waals surface area contributed by atoms with Gasteiger partial charge in [0, 0.05) is 24.7 Å². The van der Waals surface area contributed by atoms with Crippen molar-refractivity contribution in [2.75, 3.05) is 24.7 Å². The fourth-order valence-corrected chi connectivity index (χ4v) is 2.00. The van der Waals surface area contributed by atoms with Crippen molar-refractivity contribution < 1.29 is 24.2 Å². The van der Waals surface area contributed by atoms with Gasteiger partial charge in [-0.15, -0.1) is 0 Å². The van der Waals surface area contributed by atoms with E-state index < -0.39 is 5.97 Å². The summed E-state index contributed by atoms with van der Waals surface area (Å²) in [5.41, 5.74) is 0.611. The Morgan fingerprint density at radius 3 is 2.27 bits per heavy atom. The average Bonchev–Trinajstić information content (AvgIpc) is 2.49. The smallest absolute Gasteiger partial charge is 0.305 e. The summed E-state index contributed by atoms with van der Waals surface area (Å²) in [7, 11) is 0. The molecule has 0 atom stereocenters. The number of benzene rings is 1. The molecule has 0 spiro atoms. The number of hydrogen-bond acceptors (Lipinski definition) is 4. The third kappa shape index (κ3) is 4.95. The molecule has 1 N–H and O–H groups in total. The molecule has 0 aromatic heterocycles. The zero-order chi connectivity index (χ0) is 16.5. The molecule has 0 saturated carbocycles. The Bertz CT molecular complexity index is 515. The Kier molecular flexibility index (Phi) is 7.22. The third-order valence-corrected chi connectivity index (χ3v) is 2.99. The molecule has 6 nitrogen and oxygen atoms in total. The SMILES string of the molecule is CCOc1ccc(N(CCC(=O)O)C(=O)CC)cc1OCC. The maximum atomic E-state index is 12.1. The molecule has 0 unspecified atom stereocenters. The van der Waals surface area contributed by atoms with Gasteiger partial charge in [-0.3, -0.25) is 9.59 Å². The lowest BCUT2D eigenvalue weighted by atomic mass is 10.2. The topological polar surface area (TPSA) is 76.1 Å². The van der Waals surface area contributed by atoms with Crippen LogP contribution in [0.25, 0.3) is 0 Å². The highest BCUT2D eigenvalue weighted by Gasteiger charge is 2.17. The second kappa shape index (κ2) is 8.92. The van der Waals surface area contributed by atoms with Crippen LogP contribution in [0.2, 0.25) is 0 Å². The van der Waals surface area contributed by atoms with Crippen molar-refractivity contribution in [2.24, 2.45) is 0 Å². The van der Waals surface area contributed by atoms with Crippen LogP contribution < -0.4 is 14.4 Å². The van der Waals surface area contributed by atoms with Crippen LogP contribution in [-0.4, -0.2) is 36.7 Å². The standard InChI is InChI=1S/C16H23NO5/c1-4-15(18)17(10-9-16(19)20)12-7-8-13(21-5-2)14(11-12)22-6-3/h7-8,11H,4-6,9-10H2,1-3H3,(H,19,20). The molecular weight excluding hydrogens is 286 g/mol. The molecule has 0 aliphatic carbocycles. The molecule has 0 bridgehead atoms. The molecule has 0 saturated heterocycles. The van der Waals surface area contributed by atoms with Gasteiger partial charge >= 0.3 is 5.97 Å². The number of nitrogens with zero attached hydrogens (tertiary/aromatic N) is 1. The number of carboxylic acid groups (broad SMARTS) is 1. The number of carbonyl (C=O) groups excluding carboxylic acids is 1. The Morgan fingerprint density at radius 2 is 1.73 bits per heavy atom. The van der Waals surface area contributed by atoms with E-state index in [4.69, 9.17) is 14.6 Å². The Hall–Kier alpha value is -2.24. The molecule has 0 aliphatic rings. The van der Waals surface area contributed by atoms with Crippen LogP contribution in [0.5, 0.6) is 11.5 Å². The normalized spacial score (nSPS) is 10.1. The average molecular weight is 309 g/mol. The van der Waals surface area contributed by atoms with E-state index in [1.54, 1.807) is 25.1 Å². The lowest BCUT2D eigenvalue weighted by Crippen LogP contribution is -2.32. The minimum atomic E-state index is -0.940. The first-order valence-corrected chi connectivity index (χ1v) is 7.45. The van der Waals surface area contributed by atoms with E-state index >= 15 is 0 Å². The maximum Gasteiger partial charge on any atom is 0.305 e. The number of ether oxygens (including phenoxy) is 2. The van der Waals surface area contributed by atoms with Crippen LogP contribution >= 0.6 is 0 Å². The van der Waals surface area contributed by atoms with Gasteiger partial charge in [0.15, 0.2) is 11.5 Å². The molecule has 1 aromatic carbocycles. The van der Waals surface area contributed by atoms with Gasteiger partial charge in [-0.25, -0.2) is 0 Å². The van der Waals surface area contributed by atoms with Crippen LogP contribution in [0.1, 0.15) is 33.6 Å². The monoisotopic (exact) mass is 309 g/mol. The first kappa shape index (κ1) is 17.8. The Balaban J connectivity index is 3.09. The van der Waals surface area contributed by atoms with Crippen LogP contribution in [0.15, 0.2) is 18.2 Å². The highest BCUT2D eigenvalue weighted by Crippen LogP contribution is 2.32. The van der Waals surface area contributed by atoms with Crippen molar-refractivity contribution in [3.63, 3.8) is 0 Å². The summed E-state index contributed by atoms with van der Waals surface area (Å²) < 4.78 is 11.0. The van der Waals surface area contributed by atoms with Gasteiger partial charge in [0.05, 0.1) is 19.6 Å². The second-order valence-corrected chi connectivity index (χ2v) is 4.54. The molecule has 1 aromatic rings. The van der Waals surface area contributed by atoms with Crippen molar-refractivity contribution in [1.29, 1.82) is 0 Å². The van der Waals surface area contributed by atoms with E-state index in [1.165, 1.54) is 4.90 Å². The van der Waals surface area contributed by atoms with Crippen LogP contribution in [0.4, 0.5) is 5.69 Å². The number of anilines is 1. The number of aliphatic carboxylic acids is 1. The summed E-state index contributed by atoms with van der Waals surface area (Å²) in [6, 6.07) is 5.19. The van der Waals surface area contributed by atoms with Crippen molar-refractivity contribution in [2.45, 2.75) is 33.6 Å². The molecule has 6 heteroatoms. The van der Waals surface area contributed by atoms with Gasteiger partial charge in [0.25, 0.3) is 0 Å². The van der Waals surface area contributed by atoms with Gasteiger partial charge in [-0.05, 0) is 26.0 Å². The van der Waals surface area contributed by atoms with E-state index in [0.29, 0.717) is 36.8 Å².